The highest BCUT2D eigenvalue weighted by Gasteiger charge is 2.32. The summed E-state index contributed by atoms with van der Waals surface area (Å²) >= 11 is 2.04. The number of nitrogens with zero attached hydrogens (tertiary/aromatic N) is 1. The molecule has 2 aliphatic rings. The zero-order valence-electron chi connectivity index (χ0n) is 11.1. The van der Waals surface area contributed by atoms with E-state index in [0.717, 1.165) is 6.54 Å². The second-order valence-corrected chi connectivity index (χ2v) is 6.54. The van der Waals surface area contributed by atoms with Gasteiger partial charge in [-0.25, -0.2) is 0 Å². The molecule has 0 aromatic heterocycles. The van der Waals surface area contributed by atoms with E-state index in [2.05, 4.69) is 54.3 Å². The number of aryl methyl sites for hydroxylation is 1. The third-order valence-corrected chi connectivity index (χ3v) is 5.81. The molecule has 19 heavy (non-hydrogen) atoms. The summed E-state index contributed by atoms with van der Waals surface area (Å²) in [5.74, 6) is 0. The highest BCUT2D eigenvalue weighted by Crippen LogP contribution is 2.48. The maximum atomic E-state index is 2.62. The number of thioether (sulfide) groups is 1. The Bertz CT molecular complexity index is 635. The molecule has 0 N–H and O–H groups in total. The minimum Gasteiger partial charge on any atom is -0.283 e. The fourth-order valence-corrected chi connectivity index (χ4v) is 4.66. The molecule has 1 atom stereocenters. The van der Waals surface area contributed by atoms with Gasteiger partial charge in [-0.1, -0.05) is 42.5 Å². The Morgan fingerprint density at radius 3 is 2.84 bits per heavy atom. The molecule has 0 saturated carbocycles. The summed E-state index contributed by atoms with van der Waals surface area (Å²) in [5.41, 5.74) is 5.98. The van der Waals surface area contributed by atoms with E-state index in [9.17, 15) is 0 Å². The van der Waals surface area contributed by atoms with Crippen LogP contribution in [0.5, 0.6) is 0 Å². The fraction of sp³-hybridized carbons (Fsp3) is 0.294. The standard InChI is InChI=1S/C17H17NS/c1-12-5-4-7-14-11-18-10-9-13-6-2-3-8-15(13)17(18)19-16(12)14/h2-8,17H,9-11H2,1H3. The van der Waals surface area contributed by atoms with E-state index in [1.54, 1.807) is 0 Å². The normalized spacial score (nSPS) is 21.4. The molecule has 0 fully saturated rings. The molecule has 96 valence electrons. The van der Waals surface area contributed by atoms with Crippen molar-refractivity contribution in [3.8, 4) is 0 Å². The summed E-state index contributed by atoms with van der Waals surface area (Å²) in [7, 11) is 0. The van der Waals surface area contributed by atoms with Crippen molar-refractivity contribution < 1.29 is 0 Å². The van der Waals surface area contributed by atoms with Crippen LogP contribution >= 0.6 is 11.8 Å². The van der Waals surface area contributed by atoms with Crippen molar-refractivity contribution in [1.29, 1.82) is 0 Å². The average molecular weight is 267 g/mol. The van der Waals surface area contributed by atoms with E-state index >= 15 is 0 Å². The van der Waals surface area contributed by atoms with Gasteiger partial charge < -0.3 is 0 Å². The second kappa shape index (κ2) is 4.39. The van der Waals surface area contributed by atoms with E-state index in [1.807, 2.05) is 11.8 Å². The number of hydrogen-bond donors (Lipinski definition) is 0. The zero-order valence-corrected chi connectivity index (χ0v) is 11.9. The Hall–Kier alpha value is -1.25. The van der Waals surface area contributed by atoms with Crippen molar-refractivity contribution in [3.63, 3.8) is 0 Å². The summed E-state index contributed by atoms with van der Waals surface area (Å²) < 4.78 is 0. The first-order chi connectivity index (χ1) is 9.33. The molecule has 0 aliphatic carbocycles. The minimum absolute atomic E-state index is 0.513. The molecular formula is C17H17NS. The van der Waals surface area contributed by atoms with E-state index in [0.29, 0.717) is 5.37 Å². The van der Waals surface area contributed by atoms with Gasteiger partial charge in [0.2, 0.25) is 0 Å². The zero-order chi connectivity index (χ0) is 12.8. The maximum absolute atomic E-state index is 2.62. The molecule has 0 saturated heterocycles. The summed E-state index contributed by atoms with van der Waals surface area (Å²) in [4.78, 5) is 4.12. The van der Waals surface area contributed by atoms with Gasteiger partial charge in [-0.3, -0.25) is 4.90 Å². The number of fused-ring (bicyclic) bond motifs is 4. The summed E-state index contributed by atoms with van der Waals surface area (Å²) in [6.45, 7) is 4.52. The first-order valence-corrected chi connectivity index (χ1v) is 7.78. The van der Waals surface area contributed by atoms with E-state index in [1.165, 1.54) is 40.1 Å². The summed E-state index contributed by atoms with van der Waals surface area (Å²) in [5, 5.41) is 0.513. The lowest BCUT2D eigenvalue weighted by Gasteiger charge is -2.41. The van der Waals surface area contributed by atoms with Gasteiger partial charge in [0.15, 0.2) is 0 Å². The molecule has 1 nitrogen and oxygen atoms in total. The lowest BCUT2D eigenvalue weighted by molar-refractivity contribution is 0.230. The van der Waals surface area contributed by atoms with Crippen LogP contribution in [0.15, 0.2) is 47.4 Å². The molecule has 2 aliphatic heterocycles. The molecule has 4 rings (SSSR count). The van der Waals surface area contributed by atoms with Crippen LogP contribution in [-0.2, 0) is 13.0 Å². The Kier molecular flexibility index (Phi) is 2.68. The molecule has 2 aromatic carbocycles. The lowest BCUT2D eigenvalue weighted by Crippen LogP contribution is -2.35. The van der Waals surface area contributed by atoms with Crippen LogP contribution in [-0.4, -0.2) is 11.4 Å². The molecule has 1 unspecified atom stereocenters. The average Bonchev–Trinajstić information content (AvgIpc) is 2.46. The van der Waals surface area contributed by atoms with Gasteiger partial charge in [0, 0.05) is 18.0 Å². The van der Waals surface area contributed by atoms with Gasteiger partial charge in [0.1, 0.15) is 0 Å². The fourth-order valence-electron chi connectivity index (χ4n) is 3.22. The largest absolute Gasteiger partial charge is 0.283 e. The Balaban J connectivity index is 1.81. The molecule has 0 bridgehead atoms. The molecule has 2 heteroatoms. The quantitative estimate of drug-likeness (QED) is 0.705. The van der Waals surface area contributed by atoms with Crippen LogP contribution in [0.25, 0.3) is 0 Å². The van der Waals surface area contributed by atoms with Gasteiger partial charge in [-0.2, -0.15) is 0 Å². The van der Waals surface area contributed by atoms with Crippen molar-refractivity contribution in [2.45, 2.75) is 30.2 Å². The summed E-state index contributed by atoms with van der Waals surface area (Å²) in [6.07, 6.45) is 1.19. The summed E-state index contributed by atoms with van der Waals surface area (Å²) in [6, 6.07) is 15.6. The number of rotatable bonds is 0. The van der Waals surface area contributed by atoms with Crippen molar-refractivity contribution in [3.05, 3.63) is 64.7 Å². The minimum atomic E-state index is 0.513. The van der Waals surface area contributed by atoms with Gasteiger partial charge in [-0.15, -0.1) is 11.8 Å². The van der Waals surface area contributed by atoms with Crippen molar-refractivity contribution in [1.82, 2.24) is 4.90 Å². The van der Waals surface area contributed by atoms with Crippen LogP contribution in [0.4, 0.5) is 0 Å². The number of hydrogen-bond acceptors (Lipinski definition) is 2. The van der Waals surface area contributed by atoms with Crippen molar-refractivity contribution in [2.24, 2.45) is 0 Å². The maximum Gasteiger partial charge on any atom is 0.0867 e. The smallest absolute Gasteiger partial charge is 0.0867 e. The highest BCUT2D eigenvalue weighted by molar-refractivity contribution is 7.99. The Labute approximate surface area is 118 Å². The molecule has 0 amide bonds. The number of benzene rings is 2. The third-order valence-electron chi connectivity index (χ3n) is 4.22. The van der Waals surface area contributed by atoms with Gasteiger partial charge in [-0.05, 0) is 35.6 Å². The predicted octanol–water partition coefficient (Wildman–Crippen LogP) is 4.16. The van der Waals surface area contributed by atoms with Crippen molar-refractivity contribution in [2.75, 3.05) is 6.54 Å². The van der Waals surface area contributed by atoms with Crippen molar-refractivity contribution >= 4 is 11.8 Å². The second-order valence-electron chi connectivity index (χ2n) is 5.45. The van der Waals surface area contributed by atoms with Gasteiger partial charge >= 0.3 is 0 Å². The molecule has 2 heterocycles. The lowest BCUT2D eigenvalue weighted by atomic mass is 9.98. The van der Waals surface area contributed by atoms with Crippen LogP contribution in [0.1, 0.15) is 27.6 Å². The monoisotopic (exact) mass is 267 g/mol. The Morgan fingerprint density at radius 2 is 1.89 bits per heavy atom. The van der Waals surface area contributed by atoms with Crippen LogP contribution in [0.3, 0.4) is 0 Å². The van der Waals surface area contributed by atoms with Gasteiger partial charge in [0.25, 0.3) is 0 Å². The first-order valence-electron chi connectivity index (χ1n) is 6.90. The first kappa shape index (κ1) is 11.6. The highest BCUT2D eigenvalue weighted by atomic mass is 32.2. The molecular weight excluding hydrogens is 250 g/mol. The van der Waals surface area contributed by atoms with E-state index in [4.69, 9.17) is 0 Å². The topological polar surface area (TPSA) is 3.24 Å². The Morgan fingerprint density at radius 1 is 1.05 bits per heavy atom. The van der Waals surface area contributed by atoms with Gasteiger partial charge in [0.05, 0.1) is 5.37 Å². The van der Waals surface area contributed by atoms with E-state index < -0.39 is 0 Å². The third kappa shape index (κ3) is 1.82. The predicted molar refractivity (Wildman–Crippen MR) is 80.3 cm³/mol. The molecule has 0 spiro atoms. The van der Waals surface area contributed by atoms with Crippen LogP contribution in [0, 0.1) is 6.92 Å². The molecule has 2 aromatic rings. The van der Waals surface area contributed by atoms with Crippen LogP contribution < -0.4 is 0 Å². The molecule has 0 radical (unpaired) electrons. The van der Waals surface area contributed by atoms with E-state index in [-0.39, 0.29) is 0 Å². The van der Waals surface area contributed by atoms with Crippen LogP contribution in [0.2, 0.25) is 0 Å². The SMILES string of the molecule is Cc1cccc2c1SC1c3ccccc3CCN1C2.